The lowest BCUT2D eigenvalue weighted by molar-refractivity contribution is -0.148. The highest BCUT2D eigenvalue weighted by Crippen LogP contribution is 2.19. The van der Waals surface area contributed by atoms with Crippen molar-refractivity contribution in [1.29, 1.82) is 0 Å². The number of rotatable bonds is 8. The number of aliphatic hydroxyl groups excluding tert-OH is 1. The molecule has 3 unspecified atom stereocenters. The van der Waals surface area contributed by atoms with Crippen LogP contribution in [0.2, 0.25) is 0 Å². The standard InChI is InChI=1S/C10H20N2O4/c1-3-6(2)9(10(15)16)7(13)4-12-5-8(11)14/h6-7,9,12-13H,3-5H2,1-2H3,(H2,11,14)(H,15,16). The second kappa shape index (κ2) is 7.19. The Bertz CT molecular complexity index is 245. The molecule has 94 valence electrons. The Balaban J connectivity index is 4.22. The summed E-state index contributed by atoms with van der Waals surface area (Å²) in [5.41, 5.74) is 4.90. The zero-order chi connectivity index (χ0) is 12.7. The molecule has 6 nitrogen and oxygen atoms in total. The fourth-order valence-corrected chi connectivity index (χ4v) is 1.51. The molecule has 0 fully saturated rings. The minimum atomic E-state index is -1.03. The number of hydrogen-bond acceptors (Lipinski definition) is 4. The van der Waals surface area contributed by atoms with E-state index in [9.17, 15) is 14.7 Å². The van der Waals surface area contributed by atoms with E-state index in [4.69, 9.17) is 10.8 Å². The number of aliphatic hydroxyl groups is 1. The smallest absolute Gasteiger partial charge is 0.309 e. The summed E-state index contributed by atoms with van der Waals surface area (Å²) in [4.78, 5) is 21.4. The van der Waals surface area contributed by atoms with Crippen LogP contribution >= 0.6 is 0 Å². The fraction of sp³-hybridized carbons (Fsp3) is 0.800. The minimum Gasteiger partial charge on any atom is -0.481 e. The first-order valence-electron chi connectivity index (χ1n) is 5.30. The number of carbonyl (C=O) groups is 2. The van der Waals surface area contributed by atoms with Crippen molar-refractivity contribution in [1.82, 2.24) is 5.32 Å². The first-order valence-corrected chi connectivity index (χ1v) is 5.30. The van der Waals surface area contributed by atoms with E-state index in [-0.39, 0.29) is 19.0 Å². The van der Waals surface area contributed by atoms with Crippen molar-refractivity contribution >= 4 is 11.9 Å². The van der Waals surface area contributed by atoms with Crippen molar-refractivity contribution in [2.75, 3.05) is 13.1 Å². The molecule has 1 amide bonds. The van der Waals surface area contributed by atoms with Gasteiger partial charge in [-0.05, 0) is 5.92 Å². The summed E-state index contributed by atoms with van der Waals surface area (Å²) >= 11 is 0. The zero-order valence-electron chi connectivity index (χ0n) is 9.64. The van der Waals surface area contributed by atoms with Gasteiger partial charge in [-0.15, -0.1) is 0 Å². The predicted molar refractivity (Wildman–Crippen MR) is 58.7 cm³/mol. The maximum Gasteiger partial charge on any atom is 0.309 e. The van der Waals surface area contributed by atoms with E-state index in [0.29, 0.717) is 6.42 Å². The quantitative estimate of drug-likeness (QED) is 0.436. The maximum absolute atomic E-state index is 11.0. The molecule has 0 aliphatic carbocycles. The van der Waals surface area contributed by atoms with Crippen molar-refractivity contribution in [3.8, 4) is 0 Å². The second-order valence-electron chi connectivity index (χ2n) is 3.91. The highest BCUT2D eigenvalue weighted by atomic mass is 16.4. The number of amides is 1. The zero-order valence-corrected chi connectivity index (χ0v) is 9.64. The van der Waals surface area contributed by atoms with Crippen LogP contribution in [0.1, 0.15) is 20.3 Å². The van der Waals surface area contributed by atoms with E-state index in [1.54, 1.807) is 6.92 Å². The SMILES string of the molecule is CCC(C)C(C(=O)O)C(O)CNCC(N)=O. The number of nitrogens with one attached hydrogen (secondary N) is 1. The molecule has 0 bridgehead atoms. The van der Waals surface area contributed by atoms with E-state index in [1.807, 2.05) is 6.92 Å². The number of aliphatic carboxylic acids is 1. The van der Waals surface area contributed by atoms with Crippen LogP contribution in [0.4, 0.5) is 0 Å². The molecule has 0 radical (unpaired) electrons. The van der Waals surface area contributed by atoms with Crippen LogP contribution in [0, 0.1) is 11.8 Å². The summed E-state index contributed by atoms with van der Waals surface area (Å²) in [6.07, 6.45) is -0.351. The lowest BCUT2D eigenvalue weighted by Gasteiger charge is -2.24. The van der Waals surface area contributed by atoms with Crippen molar-refractivity contribution in [2.24, 2.45) is 17.6 Å². The van der Waals surface area contributed by atoms with Crippen molar-refractivity contribution in [3.63, 3.8) is 0 Å². The minimum absolute atomic E-state index is 0.0459. The fourth-order valence-electron chi connectivity index (χ4n) is 1.51. The summed E-state index contributed by atoms with van der Waals surface area (Å²) in [6.45, 7) is 3.62. The molecule has 3 atom stereocenters. The molecule has 0 rings (SSSR count). The summed E-state index contributed by atoms with van der Waals surface area (Å²) < 4.78 is 0. The molecule has 0 saturated carbocycles. The molecule has 6 heteroatoms. The summed E-state index contributed by atoms with van der Waals surface area (Å²) in [6, 6.07) is 0. The molecule has 0 saturated heterocycles. The highest BCUT2D eigenvalue weighted by molar-refractivity contribution is 5.75. The number of carboxylic acids is 1. The van der Waals surface area contributed by atoms with Crippen LogP contribution in [0.15, 0.2) is 0 Å². The van der Waals surface area contributed by atoms with Gasteiger partial charge < -0.3 is 21.3 Å². The monoisotopic (exact) mass is 232 g/mol. The average Bonchev–Trinajstić information content (AvgIpc) is 2.16. The molecule has 5 N–H and O–H groups in total. The van der Waals surface area contributed by atoms with Crippen molar-refractivity contribution < 1.29 is 19.8 Å². The Kier molecular flexibility index (Phi) is 6.67. The molecular formula is C10H20N2O4. The summed E-state index contributed by atoms with van der Waals surface area (Å²) in [5, 5.41) is 21.3. The van der Waals surface area contributed by atoms with Gasteiger partial charge in [-0.2, -0.15) is 0 Å². The van der Waals surface area contributed by atoms with Gasteiger partial charge in [0.05, 0.1) is 18.6 Å². The third-order valence-corrected chi connectivity index (χ3v) is 2.61. The van der Waals surface area contributed by atoms with Gasteiger partial charge in [-0.25, -0.2) is 0 Å². The Morgan fingerprint density at radius 3 is 2.38 bits per heavy atom. The molecular weight excluding hydrogens is 212 g/mol. The first kappa shape index (κ1) is 14.9. The molecule has 0 heterocycles. The second-order valence-corrected chi connectivity index (χ2v) is 3.91. The van der Waals surface area contributed by atoms with Crippen LogP contribution in [0.5, 0.6) is 0 Å². The maximum atomic E-state index is 11.0. The van der Waals surface area contributed by atoms with Crippen molar-refractivity contribution in [2.45, 2.75) is 26.4 Å². The van der Waals surface area contributed by atoms with Gasteiger partial charge in [0.15, 0.2) is 0 Å². The third kappa shape index (κ3) is 5.09. The van der Waals surface area contributed by atoms with E-state index in [1.165, 1.54) is 0 Å². The predicted octanol–water partition coefficient (Wildman–Crippen LogP) is -0.831. The van der Waals surface area contributed by atoms with Gasteiger partial charge in [-0.1, -0.05) is 20.3 Å². The largest absolute Gasteiger partial charge is 0.481 e. The topological polar surface area (TPSA) is 113 Å². The molecule has 0 aromatic carbocycles. The van der Waals surface area contributed by atoms with Gasteiger partial charge >= 0.3 is 5.97 Å². The lowest BCUT2D eigenvalue weighted by Crippen LogP contribution is -2.42. The van der Waals surface area contributed by atoms with Crippen LogP contribution in [-0.2, 0) is 9.59 Å². The summed E-state index contributed by atoms with van der Waals surface area (Å²) in [5.74, 6) is -2.52. The van der Waals surface area contributed by atoms with Gasteiger partial charge in [0.25, 0.3) is 0 Å². The van der Waals surface area contributed by atoms with Crippen LogP contribution in [-0.4, -0.2) is 41.3 Å². The highest BCUT2D eigenvalue weighted by Gasteiger charge is 2.30. The number of carboxylic acid groups (broad SMARTS) is 1. The van der Waals surface area contributed by atoms with Crippen LogP contribution in [0.25, 0.3) is 0 Å². The number of carbonyl (C=O) groups excluding carboxylic acids is 1. The Morgan fingerprint density at radius 2 is 2.00 bits per heavy atom. The number of primary amides is 1. The third-order valence-electron chi connectivity index (χ3n) is 2.61. The molecule has 0 aromatic rings. The average molecular weight is 232 g/mol. The van der Waals surface area contributed by atoms with Gasteiger partial charge in [0.1, 0.15) is 0 Å². The Morgan fingerprint density at radius 1 is 1.44 bits per heavy atom. The normalized spacial score (nSPS) is 16.4. The van der Waals surface area contributed by atoms with Crippen molar-refractivity contribution in [3.05, 3.63) is 0 Å². The number of nitrogens with two attached hydrogens (primary N) is 1. The Hall–Kier alpha value is -1.14. The Labute approximate surface area is 94.8 Å². The van der Waals surface area contributed by atoms with E-state index >= 15 is 0 Å². The molecule has 0 aromatic heterocycles. The molecule has 0 spiro atoms. The summed E-state index contributed by atoms with van der Waals surface area (Å²) in [7, 11) is 0. The number of hydrogen-bond donors (Lipinski definition) is 4. The van der Waals surface area contributed by atoms with Gasteiger partial charge in [-0.3, -0.25) is 9.59 Å². The lowest BCUT2D eigenvalue weighted by atomic mass is 9.87. The van der Waals surface area contributed by atoms with Gasteiger partial charge in [0, 0.05) is 6.54 Å². The molecule has 16 heavy (non-hydrogen) atoms. The molecule has 0 aliphatic rings. The van der Waals surface area contributed by atoms with E-state index < -0.39 is 23.9 Å². The van der Waals surface area contributed by atoms with Crippen LogP contribution < -0.4 is 11.1 Å². The van der Waals surface area contributed by atoms with E-state index in [0.717, 1.165) is 0 Å². The van der Waals surface area contributed by atoms with Gasteiger partial charge in [0.2, 0.25) is 5.91 Å². The molecule has 0 aliphatic heterocycles. The van der Waals surface area contributed by atoms with E-state index in [2.05, 4.69) is 5.32 Å². The first-order chi connectivity index (χ1) is 7.40. The van der Waals surface area contributed by atoms with Crippen LogP contribution in [0.3, 0.4) is 0 Å².